The van der Waals surface area contributed by atoms with Gasteiger partial charge >= 0.3 is 6.36 Å². The van der Waals surface area contributed by atoms with E-state index in [2.05, 4.69) is 9.73 Å². The van der Waals surface area contributed by atoms with Crippen LogP contribution in [0, 0.1) is 22.7 Å². The summed E-state index contributed by atoms with van der Waals surface area (Å²) in [5.74, 6) is -0.373. The number of nitriles is 2. The van der Waals surface area contributed by atoms with Crippen LogP contribution in [-0.4, -0.2) is 12.6 Å². The van der Waals surface area contributed by atoms with Gasteiger partial charge in [-0.1, -0.05) is 0 Å². The van der Waals surface area contributed by atoms with Gasteiger partial charge in [-0.2, -0.15) is 10.5 Å². The summed E-state index contributed by atoms with van der Waals surface area (Å²) in [5, 5.41) is 17.2. The highest BCUT2D eigenvalue weighted by Crippen LogP contribution is 2.22. The first-order valence-corrected chi connectivity index (χ1v) is 5.05. The van der Waals surface area contributed by atoms with E-state index >= 15 is 0 Å². The average Bonchev–Trinajstić information content (AvgIpc) is 2.39. The van der Waals surface area contributed by atoms with Crippen LogP contribution in [0.1, 0.15) is 5.56 Å². The van der Waals surface area contributed by atoms with E-state index in [9.17, 15) is 13.2 Å². The van der Waals surface area contributed by atoms with Crippen molar-refractivity contribution in [2.75, 3.05) is 0 Å². The third kappa shape index (κ3) is 4.70. The summed E-state index contributed by atoms with van der Waals surface area (Å²) in [5.41, 5.74) is 5.02. The fourth-order valence-corrected chi connectivity index (χ4v) is 1.11. The summed E-state index contributed by atoms with van der Waals surface area (Å²) in [6.45, 7) is 0. The lowest BCUT2D eigenvalue weighted by molar-refractivity contribution is -0.274. The van der Waals surface area contributed by atoms with Gasteiger partial charge in [0.25, 0.3) is 0 Å². The van der Waals surface area contributed by atoms with Crippen molar-refractivity contribution >= 4 is 6.21 Å². The number of ether oxygens (including phenoxy) is 1. The molecule has 0 bridgehead atoms. The van der Waals surface area contributed by atoms with Gasteiger partial charge in [0, 0.05) is 6.21 Å². The molecule has 0 atom stereocenters. The number of alkyl halides is 3. The second kappa shape index (κ2) is 6.25. The molecule has 0 aliphatic heterocycles. The van der Waals surface area contributed by atoms with Crippen LogP contribution in [0.25, 0.3) is 0 Å². The van der Waals surface area contributed by atoms with E-state index in [4.69, 9.17) is 16.3 Å². The minimum atomic E-state index is -4.76. The topological polar surface area (TPSA) is 95.2 Å². The van der Waals surface area contributed by atoms with E-state index in [1.165, 1.54) is 18.3 Å². The van der Waals surface area contributed by atoms with Crippen molar-refractivity contribution in [3.05, 3.63) is 41.2 Å². The molecule has 0 saturated heterocycles. The Labute approximate surface area is 112 Å². The van der Waals surface area contributed by atoms with Gasteiger partial charge in [0.2, 0.25) is 0 Å². The van der Waals surface area contributed by atoms with Gasteiger partial charge in [-0.05, 0) is 29.8 Å². The van der Waals surface area contributed by atoms with Crippen molar-refractivity contribution < 1.29 is 17.9 Å². The molecule has 1 aromatic rings. The van der Waals surface area contributed by atoms with Crippen LogP contribution in [0.3, 0.4) is 0 Å². The van der Waals surface area contributed by atoms with Crippen LogP contribution >= 0.6 is 0 Å². The molecule has 0 aliphatic rings. The maximum atomic E-state index is 11.9. The minimum Gasteiger partial charge on any atom is -0.406 e. The highest BCUT2D eigenvalue weighted by molar-refractivity contribution is 5.81. The fourth-order valence-electron chi connectivity index (χ4n) is 1.11. The molecule has 2 N–H and O–H groups in total. The van der Waals surface area contributed by atoms with Crippen molar-refractivity contribution in [2.45, 2.75) is 6.36 Å². The number of nitrogens with zero attached hydrogens (tertiary/aromatic N) is 3. The molecule has 0 spiro atoms. The van der Waals surface area contributed by atoms with Crippen molar-refractivity contribution in [3.8, 4) is 17.9 Å². The van der Waals surface area contributed by atoms with E-state index in [-0.39, 0.29) is 17.1 Å². The monoisotopic (exact) mass is 280 g/mol. The average molecular weight is 280 g/mol. The van der Waals surface area contributed by atoms with Crippen molar-refractivity contribution in [3.63, 3.8) is 0 Å². The second-order valence-corrected chi connectivity index (χ2v) is 3.36. The smallest absolute Gasteiger partial charge is 0.406 e. The van der Waals surface area contributed by atoms with E-state index in [0.717, 1.165) is 12.1 Å². The van der Waals surface area contributed by atoms with Crippen molar-refractivity contribution in [1.82, 2.24) is 0 Å². The van der Waals surface area contributed by atoms with Crippen LogP contribution in [0.15, 0.2) is 40.7 Å². The molecule has 0 unspecified atom stereocenters. The lowest BCUT2D eigenvalue weighted by atomic mass is 10.2. The molecule has 0 radical (unpaired) electrons. The van der Waals surface area contributed by atoms with E-state index in [0.29, 0.717) is 5.56 Å². The van der Waals surface area contributed by atoms with Gasteiger partial charge in [-0.3, -0.25) is 0 Å². The maximum Gasteiger partial charge on any atom is 0.573 e. The first kappa shape index (κ1) is 15.1. The Morgan fingerprint density at radius 3 is 2.25 bits per heavy atom. The summed E-state index contributed by atoms with van der Waals surface area (Å²) in [6.07, 6.45) is -3.56. The Morgan fingerprint density at radius 1 is 1.20 bits per heavy atom. The second-order valence-electron chi connectivity index (χ2n) is 3.36. The Hall–Kier alpha value is -3.00. The number of aliphatic imine (C=N–C) groups is 1. The number of allylic oxidation sites excluding steroid dienone is 2. The first-order valence-electron chi connectivity index (χ1n) is 5.05. The van der Waals surface area contributed by atoms with Gasteiger partial charge in [0.1, 0.15) is 23.6 Å². The number of hydrogen-bond donors (Lipinski definition) is 1. The van der Waals surface area contributed by atoms with Gasteiger partial charge in [-0.15, -0.1) is 13.2 Å². The molecular formula is C12H7F3N4O. The first-order chi connectivity index (χ1) is 9.35. The molecular weight excluding hydrogens is 273 g/mol. The Balaban J connectivity index is 2.87. The molecule has 0 aliphatic carbocycles. The van der Waals surface area contributed by atoms with Gasteiger partial charge in [0.05, 0.1) is 0 Å². The van der Waals surface area contributed by atoms with E-state index < -0.39 is 6.36 Å². The van der Waals surface area contributed by atoms with Crippen LogP contribution < -0.4 is 10.5 Å². The van der Waals surface area contributed by atoms with Crippen LogP contribution in [0.4, 0.5) is 13.2 Å². The molecule has 0 heterocycles. The molecule has 1 aromatic carbocycles. The summed E-state index contributed by atoms with van der Waals surface area (Å²) >= 11 is 0. The predicted molar refractivity (Wildman–Crippen MR) is 63.2 cm³/mol. The SMILES string of the molecule is N#CC(N)=C(C#N)N=Cc1ccc(OC(F)(F)F)cc1. The Morgan fingerprint density at radius 2 is 1.80 bits per heavy atom. The molecule has 5 nitrogen and oxygen atoms in total. The molecule has 20 heavy (non-hydrogen) atoms. The molecule has 8 heteroatoms. The number of nitrogens with two attached hydrogens (primary N) is 1. The van der Waals surface area contributed by atoms with Crippen molar-refractivity contribution in [2.24, 2.45) is 10.7 Å². The minimum absolute atomic E-state index is 0.275. The summed E-state index contributed by atoms with van der Waals surface area (Å²) in [7, 11) is 0. The van der Waals surface area contributed by atoms with Gasteiger partial charge in [0.15, 0.2) is 5.70 Å². The summed E-state index contributed by atoms with van der Waals surface area (Å²) < 4.78 is 39.5. The zero-order chi connectivity index (χ0) is 15.2. The zero-order valence-electron chi connectivity index (χ0n) is 9.85. The maximum absolute atomic E-state index is 11.9. The quantitative estimate of drug-likeness (QED) is 0.678. The fraction of sp³-hybridized carbons (Fsp3) is 0.0833. The van der Waals surface area contributed by atoms with E-state index in [1.807, 2.05) is 0 Å². The van der Waals surface area contributed by atoms with Crippen LogP contribution in [0.5, 0.6) is 5.75 Å². The molecule has 0 aromatic heterocycles. The third-order valence-corrected chi connectivity index (χ3v) is 1.94. The molecule has 0 amide bonds. The van der Waals surface area contributed by atoms with Crippen LogP contribution in [0.2, 0.25) is 0 Å². The highest BCUT2D eigenvalue weighted by Gasteiger charge is 2.30. The zero-order valence-corrected chi connectivity index (χ0v) is 9.85. The highest BCUT2D eigenvalue weighted by atomic mass is 19.4. The van der Waals surface area contributed by atoms with Gasteiger partial charge < -0.3 is 10.5 Å². The number of hydrogen-bond acceptors (Lipinski definition) is 5. The van der Waals surface area contributed by atoms with Crippen molar-refractivity contribution in [1.29, 1.82) is 10.5 Å². The van der Waals surface area contributed by atoms with Crippen LogP contribution in [-0.2, 0) is 0 Å². The lowest BCUT2D eigenvalue weighted by Crippen LogP contribution is -2.17. The lowest BCUT2D eigenvalue weighted by Gasteiger charge is -2.08. The summed E-state index contributed by atoms with van der Waals surface area (Å²) in [6, 6.07) is 8.00. The number of rotatable bonds is 3. The van der Waals surface area contributed by atoms with Gasteiger partial charge in [-0.25, -0.2) is 4.99 Å². The third-order valence-electron chi connectivity index (χ3n) is 1.94. The molecule has 0 fully saturated rings. The number of benzene rings is 1. The number of halogens is 3. The standard InChI is InChI=1S/C12H7F3N4O/c13-12(14,15)20-9-3-1-8(2-4-9)7-19-11(6-17)10(18)5-16/h1-4,7H,18H2. The molecule has 102 valence electrons. The normalized spacial score (nSPS) is 12.4. The van der Waals surface area contributed by atoms with E-state index in [1.54, 1.807) is 12.1 Å². The molecule has 1 rings (SSSR count). The Kier molecular flexibility index (Phi) is 4.71. The predicted octanol–water partition coefficient (Wildman–Crippen LogP) is 2.22. The Bertz CT molecular complexity index is 618. The largest absolute Gasteiger partial charge is 0.573 e. The molecule has 0 saturated carbocycles. The summed E-state index contributed by atoms with van der Waals surface area (Å²) in [4.78, 5) is 3.67.